The van der Waals surface area contributed by atoms with Crippen LogP contribution in [0.5, 0.6) is 0 Å². The summed E-state index contributed by atoms with van der Waals surface area (Å²) < 4.78 is 0. The van der Waals surface area contributed by atoms with E-state index in [4.69, 9.17) is 0 Å². The second-order valence-corrected chi connectivity index (χ2v) is 1.61. The minimum absolute atomic E-state index is 0.0718. The van der Waals surface area contributed by atoms with E-state index in [1.54, 1.807) is 18.5 Å². The molecule has 0 bridgehead atoms. The van der Waals surface area contributed by atoms with Gasteiger partial charge < -0.3 is 0 Å². The molecule has 1 aliphatic heterocycles. The molecule has 0 N–H and O–H groups in total. The van der Waals surface area contributed by atoms with Crippen LogP contribution in [0, 0.1) is 0 Å². The molecular formula is C6H6NO. The van der Waals surface area contributed by atoms with Gasteiger partial charge in [-0.25, -0.2) is 0 Å². The van der Waals surface area contributed by atoms with E-state index in [9.17, 15) is 4.79 Å². The smallest absolute Gasteiger partial charge is 0.161 e. The van der Waals surface area contributed by atoms with Crippen molar-refractivity contribution in [3.05, 3.63) is 24.0 Å². The Bertz CT molecular complexity index is 167. The molecule has 0 aliphatic carbocycles. The fraction of sp³-hybridized carbons (Fsp3) is 0.167. The molecule has 0 amide bonds. The average Bonchev–Trinajstić information content (AvgIpc) is 2.12. The standard InChI is InChI=1S/C6H6NO/c1-5(8)6-2-3-7-4-6/h2-4H,1H3. The van der Waals surface area contributed by atoms with Crippen molar-refractivity contribution in [1.82, 2.24) is 5.32 Å². The first-order valence-corrected chi connectivity index (χ1v) is 2.38. The Labute approximate surface area is 47.9 Å². The van der Waals surface area contributed by atoms with E-state index < -0.39 is 0 Å². The molecule has 0 fully saturated rings. The van der Waals surface area contributed by atoms with E-state index in [0.717, 1.165) is 0 Å². The van der Waals surface area contributed by atoms with Gasteiger partial charge in [-0.15, -0.1) is 0 Å². The minimum atomic E-state index is 0.0718. The maximum Gasteiger partial charge on any atom is 0.161 e. The van der Waals surface area contributed by atoms with Crippen molar-refractivity contribution in [3.63, 3.8) is 0 Å². The lowest BCUT2D eigenvalue weighted by molar-refractivity contribution is -0.113. The lowest BCUT2D eigenvalue weighted by atomic mass is 10.2. The molecule has 1 rings (SSSR count). The van der Waals surface area contributed by atoms with Gasteiger partial charge in [-0.1, -0.05) is 0 Å². The number of carbonyl (C=O) groups excluding carboxylic acids is 1. The molecule has 41 valence electrons. The van der Waals surface area contributed by atoms with Gasteiger partial charge in [0.05, 0.1) is 0 Å². The third-order valence-electron chi connectivity index (χ3n) is 0.960. The van der Waals surface area contributed by atoms with Crippen LogP contribution in [-0.2, 0) is 4.79 Å². The highest BCUT2D eigenvalue weighted by atomic mass is 16.1. The molecular weight excluding hydrogens is 102 g/mol. The van der Waals surface area contributed by atoms with Crippen molar-refractivity contribution in [2.45, 2.75) is 6.92 Å². The molecule has 8 heavy (non-hydrogen) atoms. The van der Waals surface area contributed by atoms with Crippen LogP contribution in [0.15, 0.2) is 24.0 Å². The highest BCUT2D eigenvalue weighted by Gasteiger charge is 2.01. The van der Waals surface area contributed by atoms with Crippen LogP contribution >= 0.6 is 0 Å². The Balaban J connectivity index is 2.72. The summed E-state index contributed by atoms with van der Waals surface area (Å²) >= 11 is 0. The minimum Gasteiger partial charge on any atom is -0.294 e. The second kappa shape index (κ2) is 1.82. The van der Waals surface area contributed by atoms with Gasteiger partial charge in [-0.2, -0.15) is 0 Å². The van der Waals surface area contributed by atoms with Crippen molar-refractivity contribution in [1.29, 1.82) is 0 Å². The summed E-state index contributed by atoms with van der Waals surface area (Å²) in [4.78, 5) is 10.5. The number of rotatable bonds is 1. The lowest BCUT2D eigenvalue weighted by Crippen LogP contribution is -1.89. The van der Waals surface area contributed by atoms with Crippen LogP contribution in [0.4, 0.5) is 0 Å². The van der Waals surface area contributed by atoms with Crippen molar-refractivity contribution in [2.75, 3.05) is 0 Å². The molecule has 0 aromatic carbocycles. The summed E-state index contributed by atoms with van der Waals surface area (Å²) in [7, 11) is 0. The Kier molecular flexibility index (Phi) is 1.16. The molecule has 0 saturated carbocycles. The molecule has 1 radical (unpaired) electrons. The zero-order valence-electron chi connectivity index (χ0n) is 4.59. The highest BCUT2D eigenvalue weighted by Crippen LogP contribution is 2.01. The zero-order chi connectivity index (χ0) is 5.98. The van der Waals surface area contributed by atoms with Gasteiger partial charge in [0.25, 0.3) is 0 Å². The zero-order valence-corrected chi connectivity index (χ0v) is 4.59. The van der Waals surface area contributed by atoms with Crippen molar-refractivity contribution < 1.29 is 4.79 Å². The van der Waals surface area contributed by atoms with Gasteiger partial charge in [-0.05, 0) is 13.0 Å². The molecule has 0 unspecified atom stereocenters. The topological polar surface area (TPSA) is 31.2 Å². The Morgan fingerprint density at radius 3 is 2.75 bits per heavy atom. The first-order chi connectivity index (χ1) is 3.80. The van der Waals surface area contributed by atoms with Crippen molar-refractivity contribution >= 4 is 5.78 Å². The van der Waals surface area contributed by atoms with Gasteiger partial charge in [-0.3, -0.25) is 10.1 Å². The number of hydrogen-bond acceptors (Lipinski definition) is 1. The van der Waals surface area contributed by atoms with E-state index in [-0.39, 0.29) is 5.78 Å². The van der Waals surface area contributed by atoms with Crippen LogP contribution in [0.25, 0.3) is 0 Å². The lowest BCUT2D eigenvalue weighted by Gasteiger charge is -1.83. The molecule has 2 heteroatoms. The van der Waals surface area contributed by atoms with Crippen LogP contribution in [-0.4, -0.2) is 5.78 Å². The molecule has 0 aromatic heterocycles. The first kappa shape index (κ1) is 5.09. The molecule has 0 saturated heterocycles. The number of nitrogens with zero attached hydrogens (tertiary/aromatic N) is 1. The summed E-state index contributed by atoms with van der Waals surface area (Å²) in [5.74, 6) is 0.0718. The summed E-state index contributed by atoms with van der Waals surface area (Å²) in [6.45, 7) is 1.52. The molecule has 1 aliphatic rings. The van der Waals surface area contributed by atoms with Gasteiger partial charge in [0.15, 0.2) is 5.78 Å². The fourth-order valence-corrected chi connectivity index (χ4v) is 0.498. The van der Waals surface area contributed by atoms with Gasteiger partial charge in [0.1, 0.15) is 0 Å². The maximum atomic E-state index is 10.5. The Morgan fingerprint density at radius 2 is 2.50 bits per heavy atom. The predicted molar refractivity (Wildman–Crippen MR) is 30.0 cm³/mol. The number of allylic oxidation sites excluding steroid dienone is 2. The maximum absolute atomic E-state index is 10.5. The van der Waals surface area contributed by atoms with Gasteiger partial charge in [0, 0.05) is 18.0 Å². The summed E-state index contributed by atoms with van der Waals surface area (Å²) in [5, 5.41) is 3.72. The molecule has 2 nitrogen and oxygen atoms in total. The van der Waals surface area contributed by atoms with Crippen LogP contribution < -0.4 is 5.32 Å². The Hall–Kier alpha value is -1.05. The van der Waals surface area contributed by atoms with E-state index in [1.807, 2.05) is 0 Å². The quantitative estimate of drug-likeness (QED) is 0.483. The van der Waals surface area contributed by atoms with E-state index in [2.05, 4.69) is 5.32 Å². The summed E-state index contributed by atoms with van der Waals surface area (Å²) in [6, 6.07) is 0. The fourth-order valence-electron chi connectivity index (χ4n) is 0.498. The van der Waals surface area contributed by atoms with Crippen LogP contribution in [0.2, 0.25) is 0 Å². The number of Topliss-reactive ketones (excluding diaryl/α,β-unsaturated/α-hetero) is 1. The predicted octanol–water partition coefficient (Wildman–Crippen LogP) is 0.591. The second-order valence-electron chi connectivity index (χ2n) is 1.61. The number of hydrogen-bond donors (Lipinski definition) is 0. The van der Waals surface area contributed by atoms with Gasteiger partial charge >= 0.3 is 0 Å². The van der Waals surface area contributed by atoms with Crippen LogP contribution in [0.3, 0.4) is 0 Å². The monoisotopic (exact) mass is 108 g/mol. The highest BCUT2D eigenvalue weighted by molar-refractivity contribution is 5.96. The summed E-state index contributed by atoms with van der Waals surface area (Å²) in [6.07, 6.45) is 4.86. The first-order valence-electron chi connectivity index (χ1n) is 2.38. The third-order valence-corrected chi connectivity index (χ3v) is 0.960. The van der Waals surface area contributed by atoms with Crippen LogP contribution in [0.1, 0.15) is 6.92 Å². The average molecular weight is 108 g/mol. The molecule has 1 heterocycles. The van der Waals surface area contributed by atoms with Crippen molar-refractivity contribution in [2.24, 2.45) is 0 Å². The largest absolute Gasteiger partial charge is 0.294 e. The van der Waals surface area contributed by atoms with E-state index in [1.165, 1.54) is 6.92 Å². The summed E-state index contributed by atoms with van der Waals surface area (Å²) in [5.41, 5.74) is 0.685. The molecule has 0 aromatic rings. The number of ketones is 1. The number of carbonyl (C=O) groups is 1. The van der Waals surface area contributed by atoms with E-state index in [0.29, 0.717) is 5.57 Å². The van der Waals surface area contributed by atoms with Crippen molar-refractivity contribution in [3.8, 4) is 0 Å². The van der Waals surface area contributed by atoms with Gasteiger partial charge in [0.2, 0.25) is 0 Å². The molecule has 0 spiro atoms. The van der Waals surface area contributed by atoms with E-state index >= 15 is 0 Å². The third kappa shape index (κ3) is 0.780. The molecule has 0 atom stereocenters. The SMILES string of the molecule is CC(=O)C1=C[N]C=C1. The normalized spacial score (nSPS) is 15.4. The Morgan fingerprint density at radius 1 is 1.75 bits per heavy atom.